The number of aliphatic hydroxyl groups is 1. The summed E-state index contributed by atoms with van der Waals surface area (Å²) in [6.07, 6.45) is 0. The van der Waals surface area contributed by atoms with Gasteiger partial charge in [0.2, 0.25) is 0 Å². The Labute approximate surface area is 109 Å². The first-order chi connectivity index (χ1) is 8.13. The average molecular weight is 299 g/mol. The van der Waals surface area contributed by atoms with Gasteiger partial charge in [0.25, 0.3) is 0 Å². The number of benzene rings is 1. The maximum absolute atomic E-state index is 11.9. The number of rotatable bonds is 3. The fourth-order valence-corrected chi connectivity index (χ4v) is 2.38. The van der Waals surface area contributed by atoms with Gasteiger partial charge in [-0.05, 0) is 17.7 Å². The van der Waals surface area contributed by atoms with Crippen LogP contribution in [-0.4, -0.2) is 47.7 Å². The minimum absolute atomic E-state index is 0.00733. The van der Waals surface area contributed by atoms with Gasteiger partial charge in [0.15, 0.2) is 0 Å². The first-order valence-corrected chi connectivity index (χ1v) is 6.31. The molecule has 0 aliphatic carbocycles. The summed E-state index contributed by atoms with van der Waals surface area (Å²) in [5, 5.41) is 9.02. The molecule has 1 N–H and O–H groups in total. The van der Waals surface area contributed by atoms with Crippen LogP contribution in [0.5, 0.6) is 0 Å². The number of halogens is 1. The Kier molecular flexibility index (Phi) is 3.69. The Morgan fingerprint density at radius 2 is 2.06 bits per heavy atom. The van der Waals surface area contributed by atoms with Crippen LogP contribution < -0.4 is 0 Å². The topological polar surface area (TPSA) is 43.8 Å². The van der Waals surface area contributed by atoms with E-state index in [1.54, 1.807) is 16.8 Å². The third-order valence-electron chi connectivity index (χ3n) is 2.99. The number of β-amino-alcohol motifs (C(OH)–C–C–N with tert-alkyl or cyclic N) is 1. The van der Waals surface area contributed by atoms with Gasteiger partial charge in [0, 0.05) is 24.6 Å². The molecular weight excluding hydrogens is 284 g/mol. The van der Waals surface area contributed by atoms with Crippen LogP contribution >= 0.6 is 15.9 Å². The van der Waals surface area contributed by atoms with Crippen molar-refractivity contribution >= 4 is 22.0 Å². The van der Waals surface area contributed by atoms with Crippen molar-refractivity contribution in [3.8, 4) is 0 Å². The number of urea groups is 1. The molecule has 1 saturated heterocycles. The lowest BCUT2D eigenvalue weighted by atomic mass is 10.1. The second-order valence-corrected chi connectivity index (χ2v) is 5.06. The highest BCUT2D eigenvalue weighted by atomic mass is 79.9. The first kappa shape index (κ1) is 12.4. The molecule has 1 fully saturated rings. The highest BCUT2D eigenvalue weighted by Crippen LogP contribution is 2.29. The molecule has 5 heteroatoms. The summed E-state index contributed by atoms with van der Waals surface area (Å²) in [6.45, 7) is 1.04. The van der Waals surface area contributed by atoms with Crippen LogP contribution in [0.15, 0.2) is 28.7 Å². The second kappa shape index (κ2) is 5.06. The van der Waals surface area contributed by atoms with Crippen molar-refractivity contribution in [2.45, 2.75) is 6.04 Å². The number of aliphatic hydroxyl groups excluding tert-OH is 1. The molecule has 1 heterocycles. The number of hydrogen-bond donors (Lipinski definition) is 1. The summed E-state index contributed by atoms with van der Waals surface area (Å²) < 4.78 is 1.02. The SMILES string of the molecule is CN1CC(c2ccc(Br)cc2)N(CCO)C1=O. The van der Waals surface area contributed by atoms with E-state index in [4.69, 9.17) is 5.11 Å². The van der Waals surface area contributed by atoms with Gasteiger partial charge in [0.1, 0.15) is 0 Å². The van der Waals surface area contributed by atoms with E-state index in [0.29, 0.717) is 13.1 Å². The third-order valence-corrected chi connectivity index (χ3v) is 3.52. The lowest BCUT2D eigenvalue weighted by molar-refractivity contribution is 0.172. The summed E-state index contributed by atoms with van der Waals surface area (Å²) in [5.74, 6) is 0. The van der Waals surface area contributed by atoms with E-state index in [-0.39, 0.29) is 18.7 Å². The Morgan fingerprint density at radius 3 is 2.65 bits per heavy atom. The molecule has 1 aliphatic rings. The largest absolute Gasteiger partial charge is 0.395 e. The third kappa shape index (κ3) is 2.45. The van der Waals surface area contributed by atoms with Crippen LogP contribution in [0.3, 0.4) is 0 Å². The van der Waals surface area contributed by atoms with Crippen molar-refractivity contribution in [3.63, 3.8) is 0 Å². The van der Waals surface area contributed by atoms with E-state index in [2.05, 4.69) is 15.9 Å². The molecule has 0 bridgehead atoms. The van der Waals surface area contributed by atoms with E-state index in [0.717, 1.165) is 10.0 Å². The number of likely N-dealkylation sites (N-methyl/N-ethyl adjacent to an activating group) is 1. The maximum Gasteiger partial charge on any atom is 0.320 e. The Balaban J connectivity index is 2.24. The van der Waals surface area contributed by atoms with E-state index >= 15 is 0 Å². The van der Waals surface area contributed by atoms with Crippen LogP contribution in [0, 0.1) is 0 Å². The van der Waals surface area contributed by atoms with Gasteiger partial charge in [-0.1, -0.05) is 28.1 Å². The number of amides is 2. The van der Waals surface area contributed by atoms with Crippen LogP contribution in [-0.2, 0) is 0 Å². The summed E-state index contributed by atoms with van der Waals surface area (Å²) in [7, 11) is 1.78. The van der Waals surface area contributed by atoms with Crippen molar-refractivity contribution in [3.05, 3.63) is 34.3 Å². The second-order valence-electron chi connectivity index (χ2n) is 4.15. The number of hydrogen-bond acceptors (Lipinski definition) is 2. The molecule has 0 saturated carbocycles. The van der Waals surface area contributed by atoms with Gasteiger partial charge in [-0.15, -0.1) is 0 Å². The number of nitrogens with zero attached hydrogens (tertiary/aromatic N) is 2. The first-order valence-electron chi connectivity index (χ1n) is 5.51. The maximum atomic E-state index is 11.9. The van der Waals surface area contributed by atoms with E-state index < -0.39 is 0 Å². The fourth-order valence-electron chi connectivity index (χ4n) is 2.12. The molecule has 4 nitrogen and oxygen atoms in total. The predicted octanol–water partition coefficient (Wildman–Crippen LogP) is 1.85. The molecule has 92 valence electrons. The van der Waals surface area contributed by atoms with Gasteiger partial charge in [0.05, 0.1) is 12.6 Å². The summed E-state index contributed by atoms with van der Waals surface area (Å²) in [5.41, 5.74) is 1.10. The molecule has 2 rings (SSSR count). The molecule has 1 aliphatic heterocycles. The Bertz CT molecular complexity index is 407. The molecule has 17 heavy (non-hydrogen) atoms. The van der Waals surface area contributed by atoms with Gasteiger partial charge in [-0.2, -0.15) is 0 Å². The quantitative estimate of drug-likeness (QED) is 0.925. The molecule has 1 aromatic rings. The Hall–Kier alpha value is -1.07. The lowest BCUT2D eigenvalue weighted by Gasteiger charge is -2.22. The predicted molar refractivity (Wildman–Crippen MR) is 68.7 cm³/mol. The summed E-state index contributed by atoms with van der Waals surface area (Å²) >= 11 is 3.39. The van der Waals surface area contributed by atoms with Crippen LogP contribution in [0.1, 0.15) is 11.6 Å². The fraction of sp³-hybridized carbons (Fsp3) is 0.417. The summed E-state index contributed by atoms with van der Waals surface area (Å²) in [4.78, 5) is 15.3. The van der Waals surface area contributed by atoms with Crippen molar-refractivity contribution in [1.82, 2.24) is 9.80 Å². The van der Waals surface area contributed by atoms with Crippen molar-refractivity contribution in [1.29, 1.82) is 0 Å². The minimum Gasteiger partial charge on any atom is -0.395 e. The molecule has 1 aromatic carbocycles. The smallest absolute Gasteiger partial charge is 0.320 e. The Morgan fingerprint density at radius 1 is 1.41 bits per heavy atom. The monoisotopic (exact) mass is 298 g/mol. The highest BCUT2D eigenvalue weighted by molar-refractivity contribution is 9.10. The lowest BCUT2D eigenvalue weighted by Crippen LogP contribution is -2.33. The van der Waals surface area contributed by atoms with E-state index in [9.17, 15) is 4.79 Å². The van der Waals surface area contributed by atoms with Crippen molar-refractivity contribution in [2.75, 3.05) is 26.7 Å². The average Bonchev–Trinajstić information content (AvgIpc) is 2.59. The minimum atomic E-state index is -0.0213. The molecular formula is C12H15BrN2O2. The van der Waals surface area contributed by atoms with Crippen LogP contribution in [0.25, 0.3) is 0 Å². The van der Waals surface area contributed by atoms with E-state index in [1.165, 1.54) is 0 Å². The standard InChI is InChI=1S/C12H15BrN2O2/c1-14-8-11(15(6-7-16)12(14)17)9-2-4-10(13)5-3-9/h2-5,11,16H,6-8H2,1H3. The zero-order valence-electron chi connectivity index (χ0n) is 9.64. The molecule has 1 atom stereocenters. The van der Waals surface area contributed by atoms with Gasteiger partial charge >= 0.3 is 6.03 Å². The van der Waals surface area contributed by atoms with Crippen LogP contribution in [0.2, 0.25) is 0 Å². The summed E-state index contributed by atoms with van der Waals surface area (Å²) in [6, 6.07) is 7.96. The molecule has 0 spiro atoms. The van der Waals surface area contributed by atoms with Crippen molar-refractivity contribution in [2.24, 2.45) is 0 Å². The molecule has 2 amide bonds. The number of carbonyl (C=O) groups is 1. The molecule has 0 radical (unpaired) electrons. The number of carbonyl (C=O) groups excluding carboxylic acids is 1. The zero-order valence-corrected chi connectivity index (χ0v) is 11.2. The molecule has 1 unspecified atom stereocenters. The van der Waals surface area contributed by atoms with Gasteiger partial charge in [-0.25, -0.2) is 4.79 Å². The molecule has 0 aromatic heterocycles. The normalized spacial score (nSPS) is 20.2. The van der Waals surface area contributed by atoms with Gasteiger partial charge in [-0.3, -0.25) is 0 Å². The van der Waals surface area contributed by atoms with E-state index in [1.807, 2.05) is 24.3 Å². The van der Waals surface area contributed by atoms with Crippen molar-refractivity contribution < 1.29 is 9.90 Å². The highest BCUT2D eigenvalue weighted by Gasteiger charge is 2.35. The zero-order chi connectivity index (χ0) is 12.4. The van der Waals surface area contributed by atoms with Gasteiger partial charge < -0.3 is 14.9 Å². The van der Waals surface area contributed by atoms with Crippen LogP contribution in [0.4, 0.5) is 4.79 Å².